The largest absolute Gasteiger partial charge is 0.497 e. The summed E-state index contributed by atoms with van der Waals surface area (Å²) in [5.74, 6) is -0.224. The molecule has 31 heavy (non-hydrogen) atoms. The molecule has 1 saturated heterocycles. The van der Waals surface area contributed by atoms with Gasteiger partial charge in [-0.25, -0.2) is 12.8 Å². The fraction of sp³-hybridized carbons (Fsp3) is 0.318. The SMILES string of the molecule is COc1ccc2[nH]c(=O)c(CN(C[C@@H]3CCCO3)S(=O)(=O)c3ccccc3F)cc2c1. The van der Waals surface area contributed by atoms with E-state index in [4.69, 9.17) is 9.47 Å². The van der Waals surface area contributed by atoms with Crippen LogP contribution in [0, 0.1) is 5.82 Å². The smallest absolute Gasteiger partial charge is 0.252 e. The second-order valence-corrected chi connectivity index (χ2v) is 9.35. The van der Waals surface area contributed by atoms with E-state index >= 15 is 0 Å². The van der Waals surface area contributed by atoms with Crippen LogP contribution < -0.4 is 10.3 Å². The van der Waals surface area contributed by atoms with Crippen LogP contribution in [-0.2, 0) is 21.3 Å². The number of pyridine rings is 1. The predicted octanol–water partition coefficient (Wildman–Crippen LogP) is 3.05. The Morgan fingerprint density at radius 3 is 2.74 bits per heavy atom. The molecule has 1 aliphatic heterocycles. The zero-order valence-corrected chi connectivity index (χ0v) is 17.8. The molecule has 0 bridgehead atoms. The van der Waals surface area contributed by atoms with Crippen LogP contribution in [0.1, 0.15) is 18.4 Å². The summed E-state index contributed by atoms with van der Waals surface area (Å²) < 4.78 is 53.0. The first-order chi connectivity index (χ1) is 14.9. The summed E-state index contributed by atoms with van der Waals surface area (Å²) in [7, 11) is -2.66. The molecule has 164 valence electrons. The molecule has 1 atom stereocenters. The fourth-order valence-electron chi connectivity index (χ4n) is 3.72. The highest BCUT2D eigenvalue weighted by atomic mass is 32.2. The van der Waals surface area contributed by atoms with Gasteiger partial charge in [-0.3, -0.25) is 4.79 Å². The Bertz CT molecular complexity index is 1250. The van der Waals surface area contributed by atoms with E-state index in [1.165, 1.54) is 25.3 Å². The van der Waals surface area contributed by atoms with Crippen molar-refractivity contribution < 1.29 is 22.3 Å². The summed E-state index contributed by atoms with van der Waals surface area (Å²) in [4.78, 5) is 15.0. The molecule has 1 aromatic heterocycles. The summed E-state index contributed by atoms with van der Waals surface area (Å²) in [6, 6.07) is 12.1. The third kappa shape index (κ3) is 4.48. The van der Waals surface area contributed by atoms with Crippen LogP contribution in [0.5, 0.6) is 5.75 Å². The third-order valence-corrected chi connectivity index (χ3v) is 7.21. The molecule has 1 N–H and O–H groups in total. The summed E-state index contributed by atoms with van der Waals surface area (Å²) in [6.07, 6.45) is 1.23. The molecule has 4 rings (SSSR count). The molecule has 0 amide bonds. The first-order valence-corrected chi connectivity index (χ1v) is 11.4. The Balaban J connectivity index is 1.75. The van der Waals surface area contributed by atoms with Crippen LogP contribution in [0.25, 0.3) is 10.9 Å². The van der Waals surface area contributed by atoms with Crippen molar-refractivity contribution in [3.05, 3.63) is 70.3 Å². The highest BCUT2D eigenvalue weighted by Gasteiger charge is 2.31. The number of aromatic nitrogens is 1. The zero-order chi connectivity index (χ0) is 22.0. The van der Waals surface area contributed by atoms with E-state index in [0.29, 0.717) is 29.7 Å². The first kappa shape index (κ1) is 21.5. The van der Waals surface area contributed by atoms with E-state index < -0.39 is 26.3 Å². The van der Waals surface area contributed by atoms with Gasteiger partial charge in [0, 0.05) is 36.2 Å². The van der Waals surface area contributed by atoms with Crippen LogP contribution in [0.15, 0.2) is 58.2 Å². The second-order valence-electron chi connectivity index (χ2n) is 7.44. The number of fused-ring (bicyclic) bond motifs is 1. The third-order valence-electron chi connectivity index (χ3n) is 5.36. The van der Waals surface area contributed by atoms with Gasteiger partial charge < -0.3 is 14.5 Å². The van der Waals surface area contributed by atoms with Gasteiger partial charge in [-0.05, 0) is 49.2 Å². The highest BCUT2D eigenvalue weighted by Crippen LogP contribution is 2.25. The zero-order valence-electron chi connectivity index (χ0n) is 17.0. The van der Waals surface area contributed by atoms with Crippen molar-refractivity contribution in [3.8, 4) is 5.75 Å². The van der Waals surface area contributed by atoms with Gasteiger partial charge in [0.15, 0.2) is 0 Å². The molecule has 3 aromatic rings. The topological polar surface area (TPSA) is 88.7 Å². The molecular weight excluding hydrogens is 423 g/mol. The Morgan fingerprint density at radius 2 is 2.03 bits per heavy atom. The predicted molar refractivity (Wildman–Crippen MR) is 114 cm³/mol. The molecule has 7 nitrogen and oxygen atoms in total. The summed E-state index contributed by atoms with van der Waals surface area (Å²) in [5.41, 5.74) is 0.453. The van der Waals surface area contributed by atoms with Gasteiger partial charge in [0.05, 0.1) is 13.2 Å². The van der Waals surface area contributed by atoms with Crippen molar-refractivity contribution in [2.24, 2.45) is 0 Å². The lowest BCUT2D eigenvalue weighted by Crippen LogP contribution is -2.38. The van der Waals surface area contributed by atoms with Gasteiger partial charge in [0.1, 0.15) is 16.5 Å². The minimum Gasteiger partial charge on any atom is -0.497 e. The molecule has 2 aromatic carbocycles. The van der Waals surface area contributed by atoms with Gasteiger partial charge in [0.25, 0.3) is 5.56 Å². The van der Waals surface area contributed by atoms with E-state index in [2.05, 4.69) is 4.98 Å². The molecule has 0 aliphatic carbocycles. The summed E-state index contributed by atoms with van der Waals surface area (Å²) >= 11 is 0. The minimum absolute atomic E-state index is 0.0340. The number of rotatable bonds is 7. The number of sulfonamides is 1. The Kier molecular flexibility index (Phi) is 6.08. The number of hydrogen-bond donors (Lipinski definition) is 1. The Hall–Kier alpha value is -2.75. The summed E-state index contributed by atoms with van der Waals surface area (Å²) in [5, 5.41) is 0.703. The molecule has 9 heteroatoms. The number of H-pyrrole nitrogens is 1. The van der Waals surface area contributed by atoms with Crippen LogP contribution >= 0.6 is 0 Å². The maximum Gasteiger partial charge on any atom is 0.252 e. The average Bonchev–Trinajstić information content (AvgIpc) is 3.27. The molecular formula is C22H23FN2O5S. The van der Waals surface area contributed by atoms with E-state index in [-0.39, 0.29) is 24.8 Å². The number of hydrogen-bond acceptors (Lipinski definition) is 5. The maximum atomic E-state index is 14.4. The average molecular weight is 447 g/mol. The number of nitrogens with one attached hydrogen (secondary N) is 1. The number of nitrogens with zero attached hydrogens (tertiary/aromatic N) is 1. The molecule has 0 radical (unpaired) electrons. The normalized spacial score (nSPS) is 16.8. The summed E-state index contributed by atoms with van der Waals surface area (Å²) in [6.45, 7) is 0.375. The van der Waals surface area contributed by atoms with Crippen molar-refractivity contribution in [3.63, 3.8) is 0 Å². The Labute approximate surface area is 179 Å². The Morgan fingerprint density at radius 1 is 1.23 bits per heavy atom. The monoisotopic (exact) mass is 446 g/mol. The van der Waals surface area contributed by atoms with E-state index in [1.807, 2.05) is 0 Å². The van der Waals surface area contributed by atoms with E-state index in [1.54, 1.807) is 24.3 Å². The minimum atomic E-state index is -4.20. The molecule has 1 aliphatic rings. The van der Waals surface area contributed by atoms with Crippen molar-refractivity contribution >= 4 is 20.9 Å². The first-order valence-electron chi connectivity index (χ1n) is 9.95. The number of ether oxygens (including phenoxy) is 2. The number of methoxy groups -OCH3 is 1. The lowest BCUT2D eigenvalue weighted by atomic mass is 10.1. The molecule has 0 spiro atoms. The quantitative estimate of drug-likeness (QED) is 0.603. The highest BCUT2D eigenvalue weighted by molar-refractivity contribution is 7.89. The number of halogens is 1. The fourth-order valence-corrected chi connectivity index (χ4v) is 5.24. The lowest BCUT2D eigenvalue weighted by Gasteiger charge is -2.25. The molecule has 1 fully saturated rings. The van der Waals surface area contributed by atoms with Crippen LogP contribution in [0.4, 0.5) is 4.39 Å². The maximum absolute atomic E-state index is 14.4. The lowest BCUT2D eigenvalue weighted by molar-refractivity contribution is 0.0925. The van der Waals surface area contributed by atoms with Crippen molar-refractivity contribution in [1.82, 2.24) is 9.29 Å². The van der Waals surface area contributed by atoms with Crippen molar-refractivity contribution in [2.75, 3.05) is 20.3 Å². The molecule has 0 saturated carbocycles. The van der Waals surface area contributed by atoms with Gasteiger partial charge in [-0.2, -0.15) is 4.31 Å². The van der Waals surface area contributed by atoms with E-state index in [0.717, 1.165) is 16.8 Å². The van der Waals surface area contributed by atoms with Crippen molar-refractivity contribution in [2.45, 2.75) is 30.4 Å². The van der Waals surface area contributed by atoms with Crippen LogP contribution in [0.3, 0.4) is 0 Å². The van der Waals surface area contributed by atoms with Gasteiger partial charge >= 0.3 is 0 Å². The van der Waals surface area contributed by atoms with Gasteiger partial charge in [-0.1, -0.05) is 12.1 Å². The van der Waals surface area contributed by atoms with E-state index in [9.17, 15) is 17.6 Å². The van der Waals surface area contributed by atoms with Gasteiger partial charge in [-0.15, -0.1) is 0 Å². The number of aromatic amines is 1. The molecule has 2 heterocycles. The second kappa shape index (κ2) is 8.78. The number of benzene rings is 2. The van der Waals surface area contributed by atoms with Crippen molar-refractivity contribution in [1.29, 1.82) is 0 Å². The van der Waals surface area contributed by atoms with Gasteiger partial charge in [0.2, 0.25) is 10.0 Å². The standard InChI is InChI=1S/C22H23FN2O5S/c1-29-17-8-9-20-15(12-17)11-16(22(26)24-20)13-25(14-18-5-4-10-30-18)31(27,28)21-7-3-2-6-19(21)23/h2-3,6-9,11-12,18H,4-5,10,13-14H2,1H3,(H,24,26)/t18-/m0/s1. The molecule has 0 unspecified atom stereocenters. The van der Waals surface area contributed by atoms with Crippen LogP contribution in [-0.4, -0.2) is 44.1 Å². The van der Waals surface area contributed by atoms with Crippen LogP contribution in [0.2, 0.25) is 0 Å².